The predicted octanol–water partition coefficient (Wildman–Crippen LogP) is 16.3. The van der Waals surface area contributed by atoms with Crippen LogP contribution in [0.4, 0.5) is 0 Å². The molecule has 81 heavy (non-hydrogen) atoms. The van der Waals surface area contributed by atoms with Crippen molar-refractivity contribution in [3.8, 4) is 0 Å². The Balaban J connectivity index is 0.000000213. The third-order valence-corrected chi connectivity index (χ3v) is 16.1. The number of carbonyl (C=O) groups is 6. The summed E-state index contributed by atoms with van der Waals surface area (Å²) in [6.07, 6.45) is 0.618. The minimum absolute atomic E-state index is 0.0206. The van der Waals surface area contributed by atoms with Crippen molar-refractivity contribution >= 4 is 127 Å². The molecule has 9 aromatic rings. The minimum Gasteiger partial charge on any atom is -0.341 e. The summed E-state index contributed by atoms with van der Waals surface area (Å²) in [5.41, 5.74) is 6.58. The number of Topliss-reactive ketones (excluding diaryl/α,β-unsaturated/α-hetero) is 2. The lowest BCUT2D eigenvalue weighted by Gasteiger charge is -2.08. The molecule has 0 saturated carbocycles. The fraction of sp³-hybridized carbons (Fsp3) is 0.138. The van der Waals surface area contributed by atoms with Gasteiger partial charge < -0.3 is 14.2 Å². The highest BCUT2D eigenvalue weighted by molar-refractivity contribution is 7.99. The molecule has 1 heterocycles. The van der Waals surface area contributed by atoms with E-state index in [-0.39, 0.29) is 34.6 Å². The van der Waals surface area contributed by atoms with Crippen molar-refractivity contribution in [1.29, 1.82) is 0 Å². The molecule has 0 atom stereocenters. The fourth-order valence-corrected chi connectivity index (χ4v) is 11.3. The van der Waals surface area contributed by atoms with Crippen molar-refractivity contribution in [2.24, 2.45) is 10.3 Å². The Labute approximate surface area is 492 Å². The molecule has 0 aliphatic rings. The number of halogens is 2. The number of thioether (sulfide) groups is 2. The first-order valence-corrected chi connectivity index (χ1v) is 29.2. The first-order chi connectivity index (χ1) is 39.1. The molecule has 0 radical (unpaired) electrons. The fourth-order valence-electron chi connectivity index (χ4n) is 8.52. The molecule has 408 valence electrons. The lowest BCUT2D eigenvalue weighted by atomic mass is 9.97. The summed E-state index contributed by atoms with van der Waals surface area (Å²) >= 11 is 16.5. The lowest BCUT2D eigenvalue weighted by molar-refractivity contribution is -0.141. The zero-order valence-electron chi connectivity index (χ0n) is 44.5. The summed E-state index contributed by atoms with van der Waals surface area (Å²) < 4.78 is 2.16. The van der Waals surface area contributed by atoms with Crippen LogP contribution < -0.4 is 0 Å². The van der Waals surface area contributed by atoms with Crippen LogP contribution in [0, 0.1) is 6.92 Å². The second kappa shape index (κ2) is 28.5. The van der Waals surface area contributed by atoms with Crippen molar-refractivity contribution in [2.45, 2.75) is 66.7 Å². The lowest BCUT2D eigenvalue weighted by Crippen LogP contribution is -2.16. The summed E-state index contributed by atoms with van der Waals surface area (Å²) in [6, 6.07) is 57.4. The molecule has 9 rings (SSSR count). The number of hydrogen-bond acceptors (Lipinski definition) is 13. The van der Waals surface area contributed by atoms with E-state index in [0.717, 1.165) is 53.5 Å². The number of fused-ring (bicyclic) bond motifs is 3. The summed E-state index contributed by atoms with van der Waals surface area (Å²) in [5.74, 6) is -0.750. The average molecular weight is 1170 g/mol. The molecule has 0 fully saturated rings. The second-order valence-corrected chi connectivity index (χ2v) is 22.6. The van der Waals surface area contributed by atoms with Crippen LogP contribution in [0.25, 0.3) is 21.8 Å². The molecule has 0 amide bonds. The highest BCUT2D eigenvalue weighted by Gasteiger charge is 2.21. The average Bonchev–Trinajstić information content (AvgIpc) is 3.94. The number of aryl methyl sites for hydroxylation is 2. The van der Waals surface area contributed by atoms with Crippen LogP contribution in [0.15, 0.2) is 218 Å². The van der Waals surface area contributed by atoms with Crippen LogP contribution in [0.3, 0.4) is 0 Å². The van der Waals surface area contributed by atoms with Crippen molar-refractivity contribution < 1.29 is 38.4 Å². The first kappa shape index (κ1) is 59.3. The molecule has 16 heteroatoms. The van der Waals surface area contributed by atoms with E-state index in [1.54, 1.807) is 66.0 Å². The van der Waals surface area contributed by atoms with Crippen molar-refractivity contribution in [1.82, 2.24) is 4.57 Å². The number of aromatic nitrogens is 1. The van der Waals surface area contributed by atoms with Crippen molar-refractivity contribution in [3.63, 3.8) is 0 Å². The Morgan fingerprint density at radius 3 is 1.38 bits per heavy atom. The van der Waals surface area contributed by atoms with Gasteiger partial charge in [0.25, 0.3) is 0 Å². The summed E-state index contributed by atoms with van der Waals surface area (Å²) in [5, 5.41) is 10.8. The highest BCUT2D eigenvalue weighted by Crippen LogP contribution is 2.33. The van der Waals surface area contributed by atoms with Gasteiger partial charge in [-0.2, -0.15) is 0 Å². The molecule has 8 aromatic carbocycles. The molecule has 0 N–H and O–H groups in total. The van der Waals surface area contributed by atoms with E-state index in [1.807, 2.05) is 153 Å². The minimum atomic E-state index is -0.599. The number of carbonyl (C=O) groups excluding carboxylic acids is 6. The van der Waals surface area contributed by atoms with Gasteiger partial charge in [-0.25, -0.2) is 9.59 Å². The topological polar surface area (TPSA) is 151 Å². The van der Waals surface area contributed by atoms with E-state index in [2.05, 4.69) is 21.8 Å². The van der Waals surface area contributed by atoms with Crippen LogP contribution >= 0.6 is 58.5 Å². The highest BCUT2D eigenvalue weighted by atomic mass is 35.5. The molecular formula is C65H53Cl2N3O8S3. The summed E-state index contributed by atoms with van der Waals surface area (Å²) in [6.45, 7) is 7.20. The van der Waals surface area contributed by atoms with E-state index in [0.29, 0.717) is 67.8 Å². The van der Waals surface area contributed by atoms with E-state index in [1.165, 1.54) is 25.6 Å². The summed E-state index contributed by atoms with van der Waals surface area (Å²) in [7, 11) is 0. The van der Waals surface area contributed by atoms with Gasteiger partial charge in [-0.05, 0) is 153 Å². The van der Waals surface area contributed by atoms with Crippen LogP contribution in [0.2, 0.25) is 10.0 Å². The van der Waals surface area contributed by atoms with Gasteiger partial charge in [0, 0.05) is 130 Å². The molecule has 0 bridgehead atoms. The molecule has 0 saturated heterocycles. The number of ketones is 4. The van der Waals surface area contributed by atoms with Crippen molar-refractivity contribution in [3.05, 3.63) is 237 Å². The zero-order valence-corrected chi connectivity index (χ0v) is 48.5. The maximum Gasteiger partial charge on any atom is 0.331 e. The number of nitrogens with zero attached hydrogens (tertiary/aromatic N) is 3. The van der Waals surface area contributed by atoms with Gasteiger partial charge in [-0.15, -0.1) is 23.5 Å². The third kappa shape index (κ3) is 16.0. The Bertz CT molecular complexity index is 3830. The molecule has 1 aromatic heterocycles. The van der Waals surface area contributed by atoms with Gasteiger partial charge in [-0.3, -0.25) is 19.2 Å². The first-order valence-electron chi connectivity index (χ1n) is 25.6. The SMILES string of the molecule is CC(=O)O/N=C(\CCSc1ccc(Cl)cc1)C(=O)c1ccc(Sc2ccc(C(=O)c3ccccc3)cc2)cc1.CCn1c2ccc(C(=O)/C(CCSc3ccc(Cl)cc3)=N/OC(C)=O)cc2c2cc(C(=O)c3ccccc3C)ccc21. The summed E-state index contributed by atoms with van der Waals surface area (Å²) in [4.78, 5) is 89.3. The number of oxime groups is 2. The van der Waals surface area contributed by atoms with Crippen LogP contribution in [-0.4, -0.2) is 62.6 Å². The monoisotopic (exact) mass is 1170 g/mol. The predicted molar refractivity (Wildman–Crippen MR) is 327 cm³/mol. The Morgan fingerprint density at radius 2 is 0.889 bits per heavy atom. The molecule has 0 aliphatic heterocycles. The maximum atomic E-state index is 13.7. The molecule has 11 nitrogen and oxygen atoms in total. The zero-order chi connectivity index (χ0) is 57.4. The van der Waals surface area contributed by atoms with Gasteiger partial charge in [-0.1, -0.05) is 99.9 Å². The largest absolute Gasteiger partial charge is 0.341 e. The van der Waals surface area contributed by atoms with Gasteiger partial charge in [0.2, 0.25) is 11.6 Å². The van der Waals surface area contributed by atoms with Crippen LogP contribution in [-0.2, 0) is 25.8 Å². The van der Waals surface area contributed by atoms with E-state index >= 15 is 0 Å². The Morgan fingerprint density at radius 1 is 0.469 bits per heavy atom. The molecule has 0 spiro atoms. The van der Waals surface area contributed by atoms with Gasteiger partial charge in [0.15, 0.2) is 11.6 Å². The molecule has 0 aliphatic carbocycles. The maximum absolute atomic E-state index is 13.7. The Kier molecular flexibility index (Phi) is 20.9. The standard InChI is InChI=1S/C34H29ClN2O4S.C31H24ClNO4S2/c1-4-37-31-15-9-23(33(39)27-8-6-5-7-21(27)2)19-28(31)29-20-24(10-16-32(29)37)34(40)30(36-41-22(3)38)17-18-42-26-13-11-25(35)12-14-26;1-21(34)37-33-29(19-20-38-26-17-11-25(32)12-18-26)31(36)24-9-15-28(16-10-24)39-27-13-7-23(8-14-27)30(35)22-5-3-2-4-6-22/h5-16,19-20H,4,17-18H2,1-3H3;2-18H,19-20H2,1H3/b36-30+;33-29+. The molecular weight excluding hydrogens is 1120 g/mol. The third-order valence-electron chi connectivity index (χ3n) is 12.5. The smallest absolute Gasteiger partial charge is 0.331 e. The van der Waals surface area contributed by atoms with Crippen molar-refractivity contribution in [2.75, 3.05) is 11.5 Å². The number of rotatable bonds is 21. The Hall–Kier alpha value is -7.85. The van der Waals surface area contributed by atoms with E-state index in [9.17, 15) is 28.8 Å². The van der Waals surface area contributed by atoms with E-state index < -0.39 is 11.9 Å². The van der Waals surface area contributed by atoms with E-state index in [4.69, 9.17) is 32.9 Å². The van der Waals surface area contributed by atoms with Gasteiger partial charge >= 0.3 is 11.9 Å². The van der Waals surface area contributed by atoms with Gasteiger partial charge in [0.05, 0.1) is 0 Å². The van der Waals surface area contributed by atoms with Gasteiger partial charge in [0.1, 0.15) is 11.4 Å². The van der Waals surface area contributed by atoms with Crippen LogP contribution in [0.1, 0.15) is 91.7 Å². The van der Waals surface area contributed by atoms with Crippen LogP contribution in [0.5, 0.6) is 0 Å². The number of benzene rings is 8. The number of hydrogen-bond donors (Lipinski definition) is 0. The normalized spacial score (nSPS) is 11.4. The second-order valence-electron chi connectivity index (χ2n) is 18.2. The quantitative estimate of drug-likeness (QED) is 0.0222. The molecule has 0 unspecified atom stereocenters.